The van der Waals surface area contributed by atoms with E-state index in [1.54, 1.807) is 35.3 Å². The van der Waals surface area contributed by atoms with E-state index in [1.807, 2.05) is 13.2 Å². The van der Waals surface area contributed by atoms with Crippen molar-refractivity contribution in [1.82, 2.24) is 20.2 Å². The van der Waals surface area contributed by atoms with E-state index in [0.717, 1.165) is 24.4 Å². The maximum absolute atomic E-state index is 11.7. The molecule has 2 N–H and O–H groups in total. The molecule has 1 unspecified atom stereocenters. The van der Waals surface area contributed by atoms with Crippen molar-refractivity contribution in [1.29, 1.82) is 0 Å². The van der Waals surface area contributed by atoms with Gasteiger partial charge in [-0.15, -0.1) is 11.8 Å². The van der Waals surface area contributed by atoms with Gasteiger partial charge in [0.15, 0.2) is 0 Å². The Hall–Kier alpha value is -2.42. The smallest absolute Gasteiger partial charge is 0.227 e. The quantitative estimate of drug-likeness (QED) is 0.382. The fourth-order valence-corrected chi connectivity index (χ4v) is 2.80. The molecule has 146 valence electrons. The molecule has 8 nitrogen and oxygen atoms in total. The molecule has 9 heteroatoms. The van der Waals surface area contributed by atoms with E-state index >= 15 is 0 Å². The number of hydrogen-bond acceptors (Lipinski definition) is 8. The molecule has 0 bridgehead atoms. The van der Waals surface area contributed by atoms with Crippen molar-refractivity contribution in [2.45, 2.75) is 31.6 Å². The van der Waals surface area contributed by atoms with Crippen LogP contribution >= 0.6 is 11.8 Å². The summed E-state index contributed by atoms with van der Waals surface area (Å²) in [5, 5.41) is 6.44. The average molecular weight is 390 g/mol. The SMILES string of the molecule is C=N/C(=C\N=C(C)N1CCCC1=O)NCC(C)CNc1ncc(SC)cn1. The van der Waals surface area contributed by atoms with E-state index in [-0.39, 0.29) is 5.91 Å². The molecule has 0 saturated carbocycles. The Labute approximate surface area is 164 Å². The Bertz CT molecular complexity index is 702. The number of aromatic nitrogens is 2. The maximum Gasteiger partial charge on any atom is 0.227 e. The Morgan fingerprint density at radius 3 is 2.78 bits per heavy atom. The predicted molar refractivity (Wildman–Crippen MR) is 111 cm³/mol. The van der Waals surface area contributed by atoms with Crippen LogP contribution in [0.25, 0.3) is 0 Å². The Balaban J connectivity index is 1.79. The van der Waals surface area contributed by atoms with Crippen LogP contribution in [0.4, 0.5) is 5.95 Å². The number of hydrogen-bond donors (Lipinski definition) is 2. The summed E-state index contributed by atoms with van der Waals surface area (Å²) in [7, 11) is 0. The van der Waals surface area contributed by atoms with Gasteiger partial charge in [-0.3, -0.25) is 4.79 Å². The largest absolute Gasteiger partial charge is 0.368 e. The molecule has 1 aromatic rings. The predicted octanol–water partition coefficient (Wildman–Crippen LogP) is 2.38. The van der Waals surface area contributed by atoms with Gasteiger partial charge in [0.25, 0.3) is 0 Å². The molecular formula is C18H27N7OS. The van der Waals surface area contributed by atoms with Gasteiger partial charge in [0, 0.05) is 43.3 Å². The van der Waals surface area contributed by atoms with Crippen molar-refractivity contribution in [2.24, 2.45) is 15.9 Å². The van der Waals surface area contributed by atoms with E-state index in [9.17, 15) is 4.79 Å². The van der Waals surface area contributed by atoms with E-state index in [0.29, 0.717) is 36.5 Å². The summed E-state index contributed by atoms with van der Waals surface area (Å²) in [6.45, 7) is 9.65. The highest BCUT2D eigenvalue weighted by Gasteiger charge is 2.21. The molecule has 2 rings (SSSR count). The highest BCUT2D eigenvalue weighted by molar-refractivity contribution is 7.98. The third kappa shape index (κ3) is 6.67. The normalized spacial score (nSPS) is 16.4. The van der Waals surface area contributed by atoms with Gasteiger partial charge in [-0.1, -0.05) is 6.92 Å². The second kappa shape index (κ2) is 10.7. The van der Waals surface area contributed by atoms with Crippen LogP contribution in [0.3, 0.4) is 0 Å². The van der Waals surface area contributed by atoms with Crippen molar-refractivity contribution in [3.8, 4) is 0 Å². The fraction of sp³-hybridized carbons (Fsp3) is 0.500. The fourth-order valence-electron chi connectivity index (χ4n) is 2.49. The molecule has 1 aromatic heterocycles. The Morgan fingerprint density at radius 2 is 2.19 bits per heavy atom. The van der Waals surface area contributed by atoms with Crippen molar-refractivity contribution in [3.63, 3.8) is 0 Å². The molecule has 1 atom stereocenters. The number of aliphatic imine (C=N–C) groups is 2. The molecule has 0 radical (unpaired) electrons. The van der Waals surface area contributed by atoms with Crippen LogP contribution in [0.1, 0.15) is 26.7 Å². The van der Waals surface area contributed by atoms with Crippen LogP contribution in [0.2, 0.25) is 0 Å². The molecule has 0 aliphatic carbocycles. The number of carbonyl (C=O) groups is 1. The summed E-state index contributed by atoms with van der Waals surface area (Å²) in [5.74, 6) is 2.31. The lowest BCUT2D eigenvalue weighted by molar-refractivity contribution is -0.124. The first-order valence-electron chi connectivity index (χ1n) is 8.89. The van der Waals surface area contributed by atoms with Crippen LogP contribution in [-0.4, -0.2) is 59.2 Å². The van der Waals surface area contributed by atoms with Crippen molar-refractivity contribution >= 4 is 36.2 Å². The second-order valence-electron chi connectivity index (χ2n) is 6.31. The van der Waals surface area contributed by atoms with Crippen molar-refractivity contribution < 1.29 is 4.79 Å². The van der Waals surface area contributed by atoms with Gasteiger partial charge < -0.3 is 15.5 Å². The molecular weight excluding hydrogens is 362 g/mol. The van der Waals surface area contributed by atoms with E-state index in [1.165, 1.54) is 0 Å². The highest BCUT2D eigenvalue weighted by Crippen LogP contribution is 2.12. The summed E-state index contributed by atoms with van der Waals surface area (Å²) in [4.78, 5) is 31.3. The van der Waals surface area contributed by atoms with Gasteiger partial charge in [0.05, 0.1) is 6.20 Å². The number of nitrogens with zero attached hydrogens (tertiary/aromatic N) is 5. The van der Waals surface area contributed by atoms with Gasteiger partial charge >= 0.3 is 0 Å². The van der Waals surface area contributed by atoms with Crippen LogP contribution in [0, 0.1) is 5.92 Å². The molecule has 1 aliphatic heterocycles. The summed E-state index contributed by atoms with van der Waals surface area (Å²) >= 11 is 1.61. The zero-order valence-electron chi connectivity index (χ0n) is 16.1. The minimum Gasteiger partial charge on any atom is -0.368 e. The van der Waals surface area contributed by atoms with Crippen LogP contribution < -0.4 is 10.6 Å². The summed E-state index contributed by atoms with van der Waals surface area (Å²) in [6.07, 6.45) is 8.68. The molecule has 1 saturated heterocycles. The number of amides is 1. The first-order valence-corrected chi connectivity index (χ1v) is 10.1. The Kier molecular flexibility index (Phi) is 8.25. The number of likely N-dealkylation sites (tertiary alicyclic amines) is 1. The highest BCUT2D eigenvalue weighted by atomic mass is 32.2. The monoisotopic (exact) mass is 389 g/mol. The van der Waals surface area contributed by atoms with E-state index in [2.05, 4.69) is 44.2 Å². The number of nitrogens with one attached hydrogen (secondary N) is 2. The summed E-state index contributed by atoms with van der Waals surface area (Å²) in [5.41, 5.74) is 0. The van der Waals surface area contributed by atoms with Crippen LogP contribution in [0.15, 0.2) is 39.3 Å². The number of rotatable bonds is 9. The minimum absolute atomic E-state index is 0.123. The molecule has 0 aromatic carbocycles. The summed E-state index contributed by atoms with van der Waals surface area (Å²) in [6, 6.07) is 0. The minimum atomic E-state index is 0.123. The van der Waals surface area contributed by atoms with Crippen LogP contribution in [-0.2, 0) is 4.79 Å². The molecule has 1 amide bonds. The van der Waals surface area contributed by atoms with Crippen molar-refractivity contribution in [2.75, 3.05) is 31.2 Å². The lowest BCUT2D eigenvalue weighted by Gasteiger charge is -2.15. The number of thioether (sulfide) groups is 1. The van der Waals surface area contributed by atoms with E-state index < -0.39 is 0 Å². The molecule has 1 fully saturated rings. The third-order valence-electron chi connectivity index (χ3n) is 4.11. The first kappa shape index (κ1) is 20.9. The van der Waals surface area contributed by atoms with Gasteiger partial charge in [0.2, 0.25) is 11.9 Å². The lowest BCUT2D eigenvalue weighted by Crippen LogP contribution is -2.29. The number of anilines is 1. The standard InChI is InChI=1S/C18H27N7OS/c1-13(9-22-18-23-10-15(27-4)11-24-18)8-21-16(19-3)12-20-14(2)25-7-5-6-17(25)26/h10-13,21H,3,5-9H2,1-2,4H3,(H,22,23,24)/b16-12+,20-14?. The zero-order chi connectivity index (χ0) is 19.6. The van der Waals surface area contributed by atoms with Crippen LogP contribution in [0.5, 0.6) is 0 Å². The summed E-state index contributed by atoms with van der Waals surface area (Å²) < 4.78 is 0. The first-order chi connectivity index (χ1) is 13.0. The molecule has 1 aliphatic rings. The number of amidine groups is 1. The lowest BCUT2D eigenvalue weighted by atomic mass is 10.2. The number of carbonyl (C=O) groups excluding carboxylic acids is 1. The van der Waals surface area contributed by atoms with E-state index in [4.69, 9.17) is 0 Å². The maximum atomic E-state index is 11.7. The van der Waals surface area contributed by atoms with Gasteiger partial charge in [-0.05, 0) is 32.2 Å². The van der Waals surface area contributed by atoms with Gasteiger partial charge in [-0.2, -0.15) is 0 Å². The molecule has 27 heavy (non-hydrogen) atoms. The van der Waals surface area contributed by atoms with Gasteiger partial charge in [0.1, 0.15) is 11.7 Å². The Morgan fingerprint density at radius 1 is 1.44 bits per heavy atom. The topological polar surface area (TPSA) is 94.9 Å². The second-order valence-corrected chi connectivity index (χ2v) is 7.19. The van der Waals surface area contributed by atoms with Gasteiger partial charge in [-0.25, -0.2) is 20.0 Å². The molecule has 2 heterocycles. The van der Waals surface area contributed by atoms with Crippen molar-refractivity contribution in [3.05, 3.63) is 24.4 Å². The molecule has 0 spiro atoms. The third-order valence-corrected chi connectivity index (χ3v) is 4.79. The average Bonchev–Trinajstić information content (AvgIpc) is 3.12. The zero-order valence-corrected chi connectivity index (χ0v) is 16.9.